The number of allylic oxidation sites excluding steroid dienone is 1. The first-order valence-corrected chi connectivity index (χ1v) is 9.26. The third-order valence-corrected chi connectivity index (χ3v) is 4.94. The van der Waals surface area contributed by atoms with Crippen molar-refractivity contribution in [2.24, 2.45) is 0 Å². The molecule has 6 nitrogen and oxygen atoms in total. The van der Waals surface area contributed by atoms with Gasteiger partial charge in [-0.25, -0.2) is 9.97 Å². The van der Waals surface area contributed by atoms with Crippen LogP contribution in [0.5, 0.6) is 0 Å². The van der Waals surface area contributed by atoms with Crippen LogP contribution in [0.1, 0.15) is 29.8 Å². The zero-order chi connectivity index (χ0) is 21.3. The number of rotatable bonds is 4. The summed E-state index contributed by atoms with van der Waals surface area (Å²) in [5, 5.41) is 12.4. The second-order valence-corrected chi connectivity index (χ2v) is 7.01. The van der Waals surface area contributed by atoms with Gasteiger partial charge in [0.05, 0.1) is 24.3 Å². The summed E-state index contributed by atoms with van der Waals surface area (Å²) in [6.45, 7) is 1.12. The predicted molar refractivity (Wildman–Crippen MR) is 109 cm³/mol. The lowest BCUT2D eigenvalue weighted by molar-refractivity contribution is 0.0330. The van der Waals surface area contributed by atoms with Crippen molar-refractivity contribution in [1.82, 2.24) is 14.5 Å². The summed E-state index contributed by atoms with van der Waals surface area (Å²) >= 11 is 0. The van der Waals surface area contributed by atoms with E-state index in [1.807, 2.05) is 19.1 Å². The number of benzene rings is 1. The Morgan fingerprint density at radius 3 is 2.80 bits per heavy atom. The van der Waals surface area contributed by atoms with Crippen molar-refractivity contribution in [3.05, 3.63) is 82.2 Å². The smallest absolute Gasteiger partial charge is 0.284 e. The third kappa shape index (κ3) is 3.57. The maximum atomic E-state index is 13.9. The molecule has 0 bridgehead atoms. The normalized spacial score (nSPS) is 15.1. The van der Waals surface area contributed by atoms with Crippen LogP contribution < -0.4 is 10.9 Å². The number of alkyl halides is 2. The lowest BCUT2D eigenvalue weighted by atomic mass is 9.95. The summed E-state index contributed by atoms with van der Waals surface area (Å²) in [6.07, 6.45) is 4.79. The van der Waals surface area contributed by atoms with Crippen LogP contribution in [-0.2, 0) is 6.54 Å². The van der Waals surface area contributed by atoms with Gasteiger partial charge < -0.3 is 9.88 Å². The van der Waals surface area contributed by atoms with Gasteiger partial charge in [0, 0.05) is 5.69 Å². The standard InChI is InChI=1S/C22H17F2N5O/c1-14(28-20-16(10-25)11-26-13-27-20)18-9-17-7-8-22(23,24)12-29(17)21(30)19(18)15-5-3-2-4-6-15/h2-9,11,13-14H,12H2,1H3,(H,26,27,28). The summed E-state index contributed by atoms with van der Waals surface area (Å²) in [6, 6.07) is 12.2. The second kappa shape index (κ2) is 7.52. The number of pyridine rings is 1. The van der Waals surface area contributed by atoms with Gasteiger partial charge in [-0.1, -0.05) is 30.3 Å². The van der Waals surface area contributed by atoms with Gasteiger partial charge in [0.25, 0.3) is 11.5 Å². The molecule has 2 aromatic heterocycles. The molecular weight excluding hydrogens is 388 g/mol. The van der Waals surface area contributed by atoms with Gasteiger partial charge in [0.15, 0.2) is 0 Å². The minimum atomic E-state index is -3.08. The fourth-order valence-corrected chi connectivity index (χ4v) is 3.50. The Kier molecular flexibility index (Phi) is 4.88. The summed E-state index contributed by atoms with van der Waals surface area (Å²) < 4.78 is 28.9. The Balaban J connectivity index is 1.88. The molecule has 0 radical (unpaired) electrons. The number of anilines is 1. The van der Waals surface area contributed by atoms with E-state index in [0.717, 1.165) is 10.6 Å². The lowest BCUT2D eigenvalue weighted by Crippen LogP contribution is -2.35. The zero-order valence-electron chi connectivity index (χ0n) is 16.0. The molecule has 30 heavy (non-hydrogen) atoms. The Morgan fingerprint density at radius 1 is 1.30 bits per heavy atom. The van der Waals surface area contributed by atoms with E-state index in [2.05, 4.69) is 15.3 Å². The van der Waals surface area contributed by atoms with Gasteiger partial charge in [-0.05, 0) is 36.3 Å². The lowest BCUT2D eigenvalue weighted by Gasteiger charge is -2.25. The maximum Gasteiger partial charge on any atom is 0.284 e. The Hall–Kier alpha value is -3.86. The fourth-order valence-electron chi connectivity index (χ4n) is 3.50. The van der Waals surface area contributed by atoms with E-state index in [1.54, 1.807) is 30.3 Å². The second-order valence-electron chi connectivity index (χ2n) is 7.01. The van der Waals surface area contributed by atoms with Gasteiger partial charge in [0.1, 0.15) is 23.8 Å². The van der Waals surface area contributed by atoms with Crippen molar-refractivity contribution in [3.63, 3.8) is 0 Å². The number of nitrogens with one attached hydrogen (secondary N) is 1. The van der Waals surface area contributed by atoms with E-state index < -0.39 is 24.1 Å². The molecule has 1 aromatic carbocycles. The molecule has 4 rings (SSSR count). The van der Waals surface area contributed by atoms with Crippen LogP contribution in [0, 0.1) is 11.3 Å². The van der Waals surface area contributed by atoms with E-state index in [0.29, 0.717) is 28.2 Å². The van der Waals surface area contributed by atoms with E-state index in [-0.39, 0.29) is 5.56 Å². The van der Waals surface area contributed by atoms with Gasteiger partial charge in [-0.3, -0.25) is 4.79 Å². The fraction of sp³-hybridized carbons (Fsp3) is 0.182. The minimum absolute atomic E-state index is 0.264. The Bertz CT molecular complexity index is 1230. The number of aromatic nitrogens is 3. The number of hydrogen-bond acceptors (Lipinski definition) is 5. The van der Waals surface area contributed by atoms with Crippen molar-refractivity contribution in [2.45, 2.75) is 25.4 Å². The monoisotopic (exact) mass is 405 g/mol. The molecular formula is C22H17F2N5O. The molecule has 150 valence electrons. The molecule has 1 N–H and O–H groups in total. The highest BCUT2D eigenvalue weighted by atomic mass is 19.3. The number of hydrogen-bond donors (Lipinski definition) is 1. The van der Waals surface area contributed by atoms with Crippen LogP contribution in [-0.4, -0.2) is 20.5 Å². The van der Waals surface area contributed by atoms with Crippen LogP contribution >= 0.6 is 0 Å². The van der Waals surface area contributed by atoms with Gasteiger partial charge in [-0.15, -0.1) is 0 Å². The molecule has 0 spiro atoms. The molecule has 3 heterocycles. The molecule has 1 atom stereocenters. The number of halogens is 2. The van der Waals surface area contributed by atoms with E-state index in [4.69, 9.17) is 0 Å². The maximum absolute atomic E-state index is 13.9. The highest BCUT2D eigenvalue weighted by Gasteiger charge is 2.32. The average molecular weight is 405 g/mol. The first kappa shape index (κ1) is 19.5. The summed E-state index contributed by atoms with van der Waals surface area (Å²) in [5.74, 6) is -2.75. The Labute approximate surface area is 171 Å². The molecule has 1 aliphatic heterocycles. The molecule has 3 aromatic rings. The van der Waals surface area contributed by atoms with E-state index >= 15 is 0 Å². The molecule has 0 saturated heterocycles. The molecule has 1 unspecified atom stereocenters. The topological polar surface area (TPSA) is 83.6 Å². The summed E-state index contributed by atoms with van der Waals surface area (Å²) in [5.41, 5.74) is 1.75. The van der Waals surface area contributed by atoms with Gasteiger partial charge in [0.2, 0.25) is 0 Å². The van der Waals surface area contributed by atoms with Crippen LogP contribution in [0.25, 0.3) is 17.2 Å². The summed E-state index contributed by atoms with van der Waals surface area (Å²) in [4.78, 5) is 21.2. The third-order valence-electron chi connectivity index (χ3n) is 4.94. The van der Waals surface area contributed by atoms with E-state index in [1.165, 1.54) is 18.6 Å². The highest BCUT2D eigenvalue weighted by molar-refractivity contribution is 5.70. The largest absolute Gasteiger partial charge is 0.362 e. The Morgan fingerprint density at radius 2 is 2.07 bits per heavy atom. The van der Waals surface area contributed by atoms with Crippen LogP contribution in [0.3, 0.4) is 0 Å². The summed E-state index contributed by atoms with van der Waals surface area (Å²) in [7, 11) is 0. The van der Waals surface area contributed by atoms with Gasteiger partial charge >= 0.3 is 0 Å². The van der Waals surface area contributed by atoms with Crippen molar-refractivity contribution < 1.29 is 8.78 Å². The zero-order valence-corrected chi connectivity index (χ0v) is 16.0. The van der Waals surface area contributed by atoms with Crippen LogP contribution in [0.2, 0.25) is 0 Å². The number of nitriles is 1. The molecule has 1 aliphatic rings. The SMILES string of the molecule is CC(Nc1ncncc1C#N)c1cc2n(c(=O)c1-c1ccccc1)CC(F)(F)C=C2. The quantitative estimate of drug-likeness (QED) is 0.709. The van der Waals surface area contributed by atoms with Crippen LogP contribution in [0.4, 0.5) is 14.6 Å². The molecule has 0 fully saturated rings. The van der Waals surface area contributed by atoms with Crippen molar-refractivity contribution in [2.75, 3.05) is 5.32 Å². The highest BCUT2D eigenvalue weighted by Crippen LogP contribution is 2.32. The molecule has 0 amide bonds. The van der Waals surface area contributed by atoms with Crippen molar-refractivity contribution >= 4 is 11.9 Å². The van der Waals surface area contributed by atoms with E-state index in [9.17, 15) is 18.8 Å². The molecule has 8 heteroatoms. The van der Waals surface area contributed by atoms with Crippen molar-refractivity contribution in [1.29, 1.82) is 5.26 Å². The molecule has 0 saturated carbocycles. The average Bonchev–Trinajstić information content (AvgIpc) is 2.74. The van der Waals surface area contributed by atoms with Crippen molar-refractivity contribution in [3.8, 4) is 17.2 Å². The first-order chi connectivity index (χ1) is 14.4. The predicted octanol–water partition coefficient (Wildman–Crippen LogP) is 4.01. The minimum Gasteiger partial charge on any atom is -0.362 e. The number of fused-ring (bicyclic) bond motifs is 1. The first-order valence-electron chi connectivity index (χ1n) is 9.26. The van der Waals surface area contributed by atoms with Crippen LogP contribution in [0.15, 0.2) is 59.8 Å². The number of nitrogens with zero attached hydrogens (tertiary/aromatic N) is 4. The molecule has 0 aliphatic carbocycles. The van der Waals surface area contributed by atoms with Gasteiger partial charge in [-0.2, -0.15) is 14.0 Å².